The van der Waals surface area contributed by atoms with Crippen LogP contribution in [0.15, 0.2) is 0 Å². The lowest BCUT2D eigenvalue weighted by Crippen LogP contribution is -2.09. The van der Waals surface area contributed by atoms with Crippen molar-refractivity contribution in [1.82, 2.24) is 0 Å². The third kappa shape index (κ3) is 9.05. The Bertz CT molecular complexity index is 72.7. The predicted octanol–water partition coefficient (Wildman–Crippen LogP) is 2.38. The van der Waals surface area contributed by atoms with Gasteiger partial charge in [-0.25, -0.2) is 0 Å². The number of nitrogens with two attached hydrogens (primary N) is 1. The van der Waals surface area contributed by atoms with E-state index in [-0.39, 0.29) is 0 Å². The normalized spacial score (nSPS) is 12.0. The molecule has 0 saturated carbocycles. The summed E-state index contributed by atoms with van der Waals surface area (Å²) in [5, 5.41) is 0. The van der Waals surface area contributed by atoms with Crippen LogP contribution in [-0.4, -0.2) is 12.5 Å². The highest BCUT2D eigenvalue weighted by Crippen LogP contribution is 2.26. The fourth-order valence-corrected chi connectivity index (χ4v) is 2.32. The van der Waals surface area contributed by atoms with Gasteiger partial charge in [-0.1, -0.05) is 6.42 Å². The molecule has 0 aromatic rings. The van der Waals surface area contributed by atoms with Gasteiger partial charge in [0.1, 0.15) is 0 Å². The smallest absolute Gasteiger partial charge is 0.330 e. The Kier molecular flexibility index (Phi) is 5.36. The largest absolute Gasteiger partial charge is 0.341 e. The van der Waals surface area contributed by atoms with Gasteiger partial charge in [0, 0.05) is 0 Å². The lowest BCUT2D eigenvalue weighted by atomic mass is 10.3. The number of unbranched alkanes of at least 4 members (excludes halogenated alkanes) is 1. The lowest BCUT2D eigenvalue weighted by molar-refractivity contribution is 0.803. The quantitative estimate of drug-likeness (QED) is 0.427. The molecule has 0 heterocycles. The van der Waals surface area contributed by atoms with Crippen LogP contribution in [0.25, 0.3) is 0 Å². The topological polar surface area (TPSA) is 26.0 Å². The van der Waals surface area contributed by atoms with Crippen molar-refractivity contribution in [2.24, 2.45) is 5.73 Å². The molecule has 0 bridgehead atoms. The summed E-state index contributed by atoms with van der Waals surface area (Å²) < 4.78 is 0. The molecule has 0 aliphatic carbocycles. The van der Waals surface area contributed by atoms with Crippen LogP contribution in [0.4, 0.5) is 0 Å². The van der Waals surface area contributed by atoms with Crippen molar-refractivity contribution in [2.45, 2.75) is 18.9 Å². The van der Waals surface area contributed by atoms with Crippen LogP contribution in [0.1, 0.15) is 12.8 Å². The second-order valence-corrected chi connectivity index (χ2v) is 11.1. The molecular weight excluding hydrogens is 196 g/mol. The van der Waals surface area contributed by atoms with E-state index in [2.05, 4.69) is 0 Å². The molecule has 2 N–H and O–H groups in total. The van der Waals surface area contributed by atoms with Crippen molar-refractivity contribution in [3.05, 3.63) is 0 Å². The minimum absolute atomic E-state index is 0.690. The van der Waals surface area contributed by atoms with Gasteiger partial charge in [-0.15, -0.1) is 33.2 Å². The van der Waals surface area contributed by atoms with E-state index in [0.717, 1.165) is 18.9 Å². The molecule has 56 valence electrons. The summed E-state index contributed by atoms with van der Waals surface area (Å²) in [6.07, 6.45) is 1.90. The fraction of sp³-hybridized carbons (Fsp3) is 1.00. The van der Waals surface area contributed by atoms with Crippen LogP contribution in [0, 0.1) is 0 Å². The Morgan fingerprint density at radius 2 is 1.67 bits per heavy atom. The predicted molar refractivity (Wildman–Crippen MR) is 46.4 cm³/mol. The fourth-order valence-electron chi connectivity index (χ4n) is 0.470. The monoisotopic (exact) mass is 205 g/mol. The van der Waals surface area contributed by atoms with Crippen LogP contribution < -0.4 is 5.73 Å². The maximum Gasteiger partial charge on any atom is 0.341 e. The summed E-state index contributed by atoms with van der Waals surface area (Å²) in [4.78, 5) is 0. The van der Waals surface area contributed by atoms with Gasteiger partial charge in [0.15, 0.2) is 0 Å². The summed E-state index contributed by atoms with van der Waals surface area (Å²) in [6, 6.07) is -1.60. The molecule has 0 spiro atoms. The van der Waals surface area contributed by atoms with Crippen LogP contribution >= 0.6 is 33.2 Å². The molecule has 0 aromatic heterocycles. The molecule has 0 rings (SSSR count). The third-order valence-electron chi connectivity index (χ3n) is 0.914. The first-order valence-corrected chi connectivity index (χ1v) is 8.07. The van der Waals surface area contributed by atoms with Crippen molar-refractivity contribution in [3.63, 3.8) is 0 Å². The van der Waals surface area contributed by atoms with E-state index in [4.69, 9.17) is 39.0 Å². The summed E-state index contributed by atoms with van der Waals surface area (Å²) >= 11 is 16.8. The van der Waals surface area contributed by atoms with E-state index in [1.807, 2.05) is 0 Å². The molecule has 0 aliphatic heterocycles. The number of rotatable bonds is 4. The second-order valence-electron chi connectivity index (χ2n) is 1.86. The molecule has 0 radical (unpaired) electrons. The zero-order valence-electron chi connectivity index (χ0n) is 5.04. The van der Waals surface area contributed by atoms with Gasteiger partial charge in [-0.3, -0.25) is 0 Å². The molecule has 0 aliphatic rings. The van der Waals surface area contributed by atoms with Gasteiger partial charge in [-0.05, 0) is 19.0 Å². The van der Waals surface area contributed by atoms with Gasteiger partial charge in [0.05, 0.1) is 0 Å². The Labute approximate surface area is 70.6 Å². The first-order valence-electron chi connectivity index (χ1n) is 2.83. The molecule has 1 nitrogen and oxygen atoms in total. The van der Waals surface area contributed by atoms with Crippen LogP contribution in [-0.2, 0) is 0 Å². The first kappa shape index (κ1) is 10.0. The van der Waals surface area contributed by atoms with Crippen molar-refractivity contribution in [3.8, 4) is 0 Å². The van der Waals surface area contributed by atoms with E-state index in [1.165, 1.54) is 0 Å². The summed E-state index contributed by atoms with van der Waals surface area (Å²) in [6.45, 7) is 0.690. The molecule has 0 atom stereocenters. The van der Waals surface area contributed by atoms with Gasteiger partial charge in [0.2, 0.25) is 0 Å². The van der Waals surface area contributed by atoms with Crippen molar-refractivity contribution < 1.29 is 0 Å². The molecule has 0 aromatic carbocycles. The standard InChI is InChI=1S/C4H10Cl3NSi/c5-9(6,7)4-2-1-3-8/h1-4,8H2. The van der Waals surface area contributed by atoms with Crippen molar-refractivity contribution >= 4 is 39.2 Å². The number of halogens is 3. The summed E-state index contributed by atoms with van der Waals surface area (Å²) in [5.41, 5.74) is 5.24. The molecule has 0 unspecified atom stereocenters. The Balaban J connectivity index is 3.07. The minimum atomic E-state index is -2.33. The lowest BCUT2D eigenvalue weighted by Gasteiger charge is -2.04. The zero-order valence-corrected chi connectivity index (χ0v) is 8.31. The molecule has 0 saturated heterocycles. The molecule has 9 heavy (non-hydrogen) atoms. The maximum absolute atomic E-state index is 5.60. The molecule has 5 heteroatoms. The van der Waals surface area contributed by atoms with E-state index >= 15 is 0 Å². The van der Waals surface area contributed by atoms with E-state index in [9.17, 15) is 0 Å². The highest BCUT2D eigenvalue weighted by Gasteiger charge is 2.23. The SMILES string of the molecule is NCCCC[Si](Cl)(Cl)Cl. The van der Waals surface area contributed by atoms with Gasteiger partial charge in [0.25, 0.3) is 0 Å². The number of hydrogen-bond donors (Lipinski definition) is 1. The summed E-state index contributed by atoms with van der Waals surface area (Å²) in [5.74, 6) is 0. The van der Waals surface area contributed by atoms with E-state index in [0.29, 0.717) is 6.54 Å². The van der Waals surface area contributed by atoms with Crippen LogP contribution in [0.2, 0.25) is 6.04 Å². The van der Waals surface area contributed by atoms with Gasteiger partial charge >= 0.3 is 6.00 Å². The molecular formula is C4H10Cl3NSi. The Hall–Kier alpha value is 1.05. The van der Waals surface area contributed by atoms with E-state index < -0.39 is 6.00 Å². The van der Waals surface area contributed by atoms with Gasteiger partial charge < -0.3 is 5.73 Å². The Morgan fingerprint density at radius 1 is 1.11 bits per heavy atom. The van der Waals surface area contributed by atoms with Crippen LogP contribution in [0.5, 0.6) is 0 Å². The van der Waals surface area contributed by atoms with Crippen molar-refractivity contribution in [2.75, 3.05) is 6.54 Å². The summed E-state index contributed by atoms with van der Waals surface area (Å²) in [7, 11) is 0. The highest BCUT2D eigenvalue weighted by molar-refractivity contribution is 7.64. The average molecular weight is 207 g/mol. The Morgan fingerprint density at radius 3 is 2.00 bits per heavy atom. The van der Waals surface area contributed by atoms with Crippen LogP contribution in [0.3, 0.4) is 0 Å². The third-order valence-corrected chi connectivity index (χ3v) is 3.54. The van der Waals surface area contributed by atoms with Crippen molar-refractivity contribution in [1.29, 1.82) is 0 Å². The minimum Gasteiger partial charge on any atom is -0.330 e. The average Bonchev–Trinajstić information content (AvgIpc) is 1.63. The zero-order chi connectivity index (χ0) is 7.33. The maximum atomic E-state index is 5.60. The first-order chi connectivity index (χ1) is 4.06. The second kappa shape index (κ2) is 4.80. The molecule has 0 fully saturated rings. The number of hydrogen-bond acceptors (Lipinski definition) is 1. The highest BCUT2D eigenvalue weighted by atomic mass is 35.8. The van der Waals surface area contributed by atoms with E-state index in [1.54, 1.807) is 0 Å². The van der Waals surface area contributed by atoms with Gasteiger partial charge in [-0.2, -0.15) is 0 Å². The molecule has 0 amide bonds.